The Morgan fingerprint density at radius 3 is 2.48 bits per heavy atom. The molecule has 1 aromatic heterocycles. The SMILES string of the molecule is CCOc1ccc(/C(O)=C2\C(=O)C(=O)N(c3nc4ccc(Cl)cc4s3)C2c2cccc(OCc3ccccc3)c2)cc1. The van der Waals surface area contributed by atoms with Crippen molar-refractivity contribution in [1.29, 1.82) is 0 Å². The Labute approximate surface area is 251 Å². The molecule has 1 amide bonds. The smallest absolute Gasteiger partial charge is 0.301 e. The molecule has 7 nitrogen and oxygen atoms in total. The minimum absolute atomic E-state index is 0.0401. The highest BCUT2D eigenvalue weighted by Crippen LogP contribution is 2.45. The molecular weight excluding hydrogens is 572 g/mol. The van der Waals surface area contributed by atoms with Crippen LogP contribution in [0.2, 0.25) is 5.02 Å². The number of thiazole rings is 1. The first-order valence-electron chi connectivity index (χ1n) is 13.3. The number of aromatic nitrogens is 1. The molecule has 9 heteroatoms. The van der Waals surface area contributed by atoms with Crippen molar-refractivity contribution < 1.29 is 24.2 Å². The summed E-state index contributed by atoms with van der Waals surface area (Å²) in [6.07, 6.45) is 0. The summed E-state index contributed by atoms with van der Waals surface area (Å²) < 4.78 is 12.3. The summed E-state index contributed by atoms with van der Waals surface area (Å²) in [6, 6.07) is 28.0. The number of Topliss-reactive ketones (excluding diaryl/α,β-unsaturated/α-hetero) is 1. The van der Waals surface area contributed by atoms with E-state index < -0.39 is 17.7 Å². The minimum Gasteiger partial charge on any atom is -0.507 e. The van der Waals surface area contributed by atoms with Crippen LogP contribution in [-0.4, -0.2) is 28.4 Å². The molecule has 2 heterocycles. The number of aliphatic hydroxyl groups is 1. The van der Waals surface area contributed by atoms with Gasteiger partial charge in [-0.15, -0.1) is 0 Å². The van der Waals surface area contributed by atoms with Crippen molar-refractivity contribution in [3.05, 3.63) is 124 Å². The number of rotatable bonds is 8. The van der Waals surface area contributed by atoms with Crippen molar-refractivity contribution in [2.75, 3.05) is 11.5 Å². The molecule has 0 saturated carbocycles. The van der Waals surface area contributed by atoms with Gasteiger partial charge in [-0.25, -0.2) is 4.98 Å². The second-order valence-corrected chi connectivity index (χ2v) is 11.0. The first-order chi connectivity index (χ1) is 20.4. The highest BCUT2D eigenvalue weighted by Gasteiger charge is 2.48. The van der Waals surface area contributed by atoms with Crippen LogP contribution in [0.5, 0.6) is 11.5 Å². The Balaban J connectivity index is 1.46. The molecule has 210 valence electrons. The lowest BCUT2D eigenvalue weighted by atomic mass is 9.95. The average Bonchev–Trinajstić information content (AvgIpc) is 3.54. The second kappa shape index (κ2) is 11.7. The van der Waals surface area contributed by atoms with Gasteiger partial charge in [-0.1, -0.05) is 65.4 Å². The molecule has 1 fully saturated rings. The maximum absolute atomic E-state index is 13.6. The molecule has 0 radical (unpaired) electrons. The number of hydrogen-bond donors (Lipinski definition) is 1. The summed E-state index contributed by atoms with van der Waals surface area (Å²) in [4.78, 5) is 33.2. The van der Waals surface area contributed by atoms with E-state index in [1.165, 1.54) is 16.2 Å². The van der Waals surface area contributed by atoms with Crippen LogP contribution in [-0.2, 0) is 16.2 Å². The first kappa shape index (κ1) is 27.5. The Morgan fingerprint density at radius 1 is 0.929 bits per heavy atom. The molecule has 0 spiro atoms. The van der Waals surface area contributed by atoms with E-state index in [0.29, 0.717) is 51.5 Å². The highest BCUT2D eigenvalue weighted by molar-refractivity contribution is 7.22. The maximum Gasteiger partial charge on any atom is 0.301 e. The number of ether oxygens (including phenoxy) is 2. The van der Waals surface area contributed by atoms with Crippen molar-refractivity contribution in [1.82, 2.24) is 4.98 Å². The van der Waals surface area contributed by atoms with E-state index >= 15 is 0 Å². The highest BCUT2D eigenvalue weighted by atomic mass is 35.5. The van der Waals surface area contributed by atoms with Gasteiger partial charge in [0.05, 0.1) is 28.4 Å². The number of fused-ring (bicyclic) bond motifs is 1. The summed E-state index contributed by atoms with van der Waals surface area (Å²) in [5, 5.41) is 12.4. The molecule has 1 unspecified atom stereocenters. The van der Waals surface area contributed by atoms with E-state index in [9.17, 15) is 14.7 Å². The molecule has 1 aliphatic heterocycles. The number of halogens is 1. The van der Waals surface area contributed by atoms with Gasteiger partial charge < -0.3 is 14.6 Å². The van der Waals surface area contributed by atoms with Crippen molar-refractivity contribution in [2.24, 2.45) is 0 Å². The zero-order valence-corrected chi connectivity index (χ0v) is 24.1. The number of hydrogen-bond acceptors (Lipinski definition) is 7. The number of benzene rings is 4. The predicted octanol–water partition coefficient (Wildman–Crippen LogP) is 7.55. The normalized spacial score (nSPS) is 16.2. The van der Waals surface area contributed by atoms with Gasteiger partial charge >= 0.3 is 5.91 Å². The summed E-state index contributed by atoms with van der Waals surface area (Å²) in [5.74, 6) is -0.697. The zero-order valence-electron chi connectivity index (χ0n) is 22.5. The van der Waals surface area contributed by atoms with Crippen LogP contribution >= 0.6 is 22.9 Å². The summed E-state index contributed by atoms with van der Waals surface area (Å²) >= 11 is 7.45. The molecule has 42 heavy (non-hydrogen) atoms. The van der Waals surface area contributed by atoms with E-state index in [4.69, 9.17) is 21.1 Å². The van der Waals surface area contributed by atoms with Crippen molar-refractivity contribution in [3.63, 3.8) is 0 Å². The van der Waals surface area contributed by atoms with Crippen LogP contribution in [0.1, 0.15) is 29.7 Å². The van der Waals surface area contributed by atoms with Crippen LogP contribution < -0.4 is 14.4 Å². The fourth-order valence-corrected chi connectivity index (χ4v) is 6.15. The molecule has 1 N–H and O–H groups in total. The third-order valence-electron chi connectivity index (χ3n) is 6.85. The Hall–Kier alpha value is -4.66. The summed E-state index contributed by atoms with van der Waals surface area (Å²) in [6.45, 7) is 2.71. The van der Waals surface area contributed by atoms with E-state index in [1.807, 2.05) is 43.3 Å². The van der Waals surface area contributed by atoms with Gasteiger partial charge in [-0.05, 0) is 72.6 Å². The number of amides is 1. The van der Waals surface area contributed by atoms with Crippen LogP contribution in [0.3, 0.4) is 0 Å². The molecule has 5 aromatic rings. The lowest BCUT2D eigenvalue weighted by Crippen LogP contribution is -2.29. The van der Waals surface area contributed by atoms with Crippen LogP contribution in [0.25, 0.3) is 16.0 Å². The van der Waals surface area contributed by atoms with E-state index in [2.05, 4.69) is 4.98 Å². The van der Waals surface area contributed by atoms with Gasteiger partial charge in [0.1, 0.15) is 23.9 Å². The Kier molecular flexibility index (Phi) is 7.65. The molecule has 0 aliphatic carbocycles. The van der Waals surface area contributed by atoms with Gasteiger partial charge in [-0.2, -0.15) is 0 Å². The summed E-state index contributed by atoms with van der Waals surface area (Å²) in [7, 11) is 0. The third kappa shape index (κ3) is 5.34. The van der Waals surface area contributed by atoms with Gasteiger partial charge in [-0.3, -0.25) is 14.5 Å². The van der Waals surface area contributed by atoms with Gasteiger partial charge in [0.25, 0.3) is 5.78 Å². The second-order valence-electron chi connectivity index (χ2n) is 9.58. The lowest BCUT2D eigenvalue weighted by Gasteiger charge is -2.23. The number of carbonyl (C=O) groups is 2. The standard InChI is InChI=1S/C33H25ClN2O5S/c1-2-40-24-14-11-21(12-15-24)30(37)28-29(22-9-6-10-25(17-22)41-19-20-7-4-3-5-8-20)36(32(39)31(28)38)33-35-26-16-13-23(34)18-27(26)42-33/h3-18,29,37H,2,19H2,1H3/b30-28+. The van der Waals surface area contributed by atoms with Crippen molar-refractivity contribution in [3.8, 4) is 11.5 Å². The van der Waals surface area contributed by atoms with Crippen molar-refractivity contribution >= 4 is 55.7 Å². The number of aliphatic hydroxyl groups excluding tert-OH is 1. The van der Waals surface area contributed by atoms with Gasteiger partial charge in [0.2, 0.25) is 0 Å². The zero-order chi connectivity index (χ0) is 29.2. The maximum atomic E-state index is 13.6. The number of carbonyl (C=O) groups excluding carboxylic acids is 2. The molecule has 1 atom stereocenters. The third-order valence-corrected chi connectivity index (χ3v) is 8.10. The topological polar surface area (TPSA) is 89.0 Å². The summed E-state index contributed by atoms with van der Waals surface area (Å²) in [5.41, 5.74) is 2.57. The lowest BCUT2D eigenvalue weighted by molar-refractivity contribution is -0.132. The van der Waals surface area contributed by atoms with E-state index in [1.54, 1.807) is 60.7 Å². The molecule has 4 aromatic carbocycles. The molecule has 1 aliphatic rings. The number of nitrogens with zero attached hydrogens (tertiary/aromatic N) is 2. The molecule has 1 saturated heterocycles. The van der Waals surface area contributed by atoms with Gasteiger partial charge in [0.15, 0.2) is 5.13 Å². The minimum atomic E-state index is -0.951. The Morgan fingerprint density at radius 2 is 1.71 bits per heavy atom. The van der Waals surface area contributed by atoms with Crippen LogP contribution in [0.15, 0.2) is 103 Å². The Bertz CT molecular complexity index is 1820. The molecule has 0 bridgehead atoms. The number of anilines is 1. The van der Waals surface area contributed by atoms with Crippen LogP contribution in [0, 0.1) is 0 Å². The van der Waals surface area contributed by atoms with E-state index in [0.717, 1.165) is 10.3 Å². The van der Waals surface area contributed by atoms with E-state index in [-0.39, 0.29) is 11.3 Å². The van der Waals surface area contributed by atoms with Gasteiger partial charge in [0, 0.05) is 10.6 Å². The fourth-order valence-electron chi connectivity index (χ4n) is 4.88. The fraction of sp³-hybridized carbons (Fsp3) is 0.121. The quantitative estimate of drug-likeness (QED) is 0.113. The molecular formula is C33H25ClN2O5S. The average molecular weight is 597 g/mol. The monoisotopic (exact) mass is 596 g/mol. The first-order valence-corrected chi connectivity index (χ1v) is 14.5. The largest absolute Gasteiger partial charge is 0.507 e. The van der Waals surface area contributed by atoms with Crippen molar-refractivity contribution in [2.45, 2.75) is 19.6 Å². The number of ketones is 1. The molecule has 6 rings (SSSR count). The van der Waals surface area contributed by atoms with Crippen LogP contribution in [0.4, 0.5) is 5.13 Å². The predicted molar refractivity (Wildman–Crippen MR) is 164 cm³/mol.